The first-order chi connectivity index (χ1) is 18.2. The van der Waals surface area contributed by atoms with Crippen LogP contribution in [0.5, 0.6) is 0 Å². The van der Waals surface area contributed by atoms with Gasteiger partial charge in [0.25, 0.3) is 0 Å². The van der Waals surface area contributed by atoms with Crippen molar-refractivity contribution in [2.75, 3.05) is 17.7 Å². The van der Waals surface area contributed by atoms with E-state index in [9.17, 15) is 12.8 Å². The van der Waals surface area contributed by atoms with Crippen molar-refractivity contribution >= 4 is 37.3 Å². The predicted molar refractivity (Wildman–Crippen MR) is 145 cm³/mol. The molecule has 0 aliphatic rings. The van der Waals surface area contributed by atoms with Gasteiger partial charge in [-0.25, -0.2) is 12.8 Å². The van der Waals surface area contributed by atoms with Crippen molar-refractivity contribution < 1.29 is 12.8 Å². The molecule has 0 unspecified atom stereocenters. The Balaban J connectivity index is 1.43. The van der Waals surface area contributed by atoms with E-state index >= 15 is 0 Å². The zero-order valence-corrected chi connectivity index (χ0v) is 21.1. The molecular weight excluding hydrogens is 505 g/mol. The first-order valence-electron chi connectivity index (χ1n) is 11.7. The van der Waals surface area contributed by atoms with Gasteiger partial charge in [0.1, 0.15) is 21.3 Å². The molecule has 0 bridgehead atoms. The Kier molecular flexibility index (Phi) is 5.64. The summed E-state index contributed by atoms with van der Waals surface area (Å²) in [6, 6.07) is 12.0. The third-order valence-electron chi connectivity index (χ3n) is 6.30. The van der Waals surface area contributed by atoms with Crippen molar-refractivity contribution in [2.45, 2.75) is 6.42 Å². The number of aryl methyl sites for hydroxylation is 1. The Bertz CT molecular complexity index is 1950. The second-order valence-electron chi connectivity index (χ2n) is 9.23. The number of aromatic nitrogens is 6. The summed E-state index contributed by atoms with van der Waals surface area (Å²) in [4.78, 5) is 16.6. The summed E-state index contributed by atoms with van der Waals surface area (Å²) >= 11 is 0. The van der Waals surface area contributed by atoms with Gasteiger partial charge in [0.2, 0.25) is 0 Å². The van der Waals surface area contributed by atoms with E-state index in [1.54, 1.807) is 30.9 Å². The van der Waals surface area contributed by atoms with Gasteiger partial charge in [0.05, 0.1) is 40.2 Å². The second kappa shape index (κ2) is 9.03. The highest BCUT2D eigenvalue weighted by Gasteiger charge is 2.16. The van der Waals surface area contributed by atoms with Gasteiger partial charge in [0.15, 0.2) is 0 Å². The fourth-order valence-corrected chi connectivity index (χ4v) is 5.13. The summed E-state index contributed by atoms with van der Waals surface area (Å²) in [5.41, 5.74) is 12.7. The number of pyridine rings is 3. The van der Waals surface area contributed by atoms with Crippen molar-refractivity contribution in [3.8, 4) is 33.9 Å². The third-order valence-corrected chi connectivity index (χ3v) is 7.24. The number of hydrogen-bond acceptors (Lipinski definition) is 7. The number of anilines is 1. The second-order valence-corrected chi connectivity index (χ2v) is 11.5. The maximum atomic E-state index is 14.5. The zero-order chi connectivity index (χ0) is 26.4. The molecular formula is C27H22FN7O2S. The van der Waals surface area contributed by atoms with Gasteiger partial charge >= 0.3 is 0 Å². The Hall–Kier alpha value is -4.64. The number of benzene rings is 1. The molecule has 0 saturated heterocycles. The van der Waals surface area contributed by atoms with Crippen LogP contribution < -0.4 is 5.73 Å². The van der Waals surface area contributed by atoms with Gasteiger partial charge in [-0.05, 0) is 54.4 Å². The van der Waals surface area contributed by atoms with Gasteiger partial charge in [-0.3, -0.25) is 20.1 Å². The van der Waals surface area contributed by atoms with Crippen molar-refractivity contribution in [2.24, 2.45) is 0 Å². The molecule has 0 fully saturated rings. The molecule has 38 heavy (non-hydrogen) atoms. The molecule has 0 aliphatic heterocycles. The minimum absolute atomic E-state index is 0.0590. The molecule has 0 aliphatic carbocycles. The Labute approximate surface area is 216 Å². The van der Waals surface area contributed by atoms with Crippen molar-refractivity contribution in [3.63, 3.8) is 0 Å². The lowest BCUT2D eigenvalue weighted by Gasteiger charge is -2.07. The molecule has 1 aromatic carbocycles. The highest BCUT2D eigenvalue weighted by molar-refractivity contribution is 7.90. The number of hydrogen-bond donors (Lipinski definition) is 3. The highest BCUT2D eigenvalue weighted by Crippen LogP contribution is 2.34. The van der Waals surface area contributed by atoms with E-state index in [0.717, 1.165) is 33.1 Å². The molecule has 9 nitrogen and oxygen atoms in total. The summed E-state index contributed by atoms with van der Waals surface area (Å²) in [5.74, 6) is -0.508. The molecule has 4 N–H and O–H groups in total. The smallest absolute Gasteiger partial charge is 0.147 e. The molecule has 5 heterocycles. The molecule has 190 valence electrons. The summed E-state index contributed by atoms with van der Waals surface area (Å²) in [6.45, 7) is 0. The summed E-state index contributed by atoms with van der Waals surface area (Å²) < 4.78 is 37.7. The number of aromatic amines is 2. The van der Waals surface area contributed by atoms with E-state index in [-0.39, 0.29) is 12.2 Å². The van der Waals surface area contributed by atoms with Crippen LogP contribution in [-0.2, 0) is 16.3 Å². The average Bonchev–Trinajstić information content (AvgIpc) is 3.50. The number of nitrogens with one attached hydrogen (secondary N) is 2. The van der Waals surface area contributed by atoms with Crippen molar-refractivity contribution in [1.82, 2.24) is 30.1 Å². The Morgan fingerprint density at radius 3 is 2.58 bits per heavy atom. The summed E-state index contributed by atoms with van der Waals surface area (Å²) in [5, 5.41) is 9.18. The average molecular weight is 528 g/mol. The molecule has 11 heteroatoms. The van der Waals surface area contributed by atoms with Crippen LogP contribution in [0.2, 0.25) is 0 Å². The van der Waals surface area contributed by atoms with E-state index in [1.165, 1.54) is 18.4 Å². The molecule has 6 rings (SSSR count). The van der Waals surface area contributed by atoms with Crippen LogP contribution in [0.4, 0.5) is 10.1 Å². The standard InChI is InChI=1S/C27H22FN7O2S/c1-38(36,37)5-3-15-6-16(8-18(28)7-15)26-20-11-24(33-22(20)2-4-31-26)27-21-10-23(32-14-25(21)34-35-27)17-9-19(29)13-30-12-17/h2,4,6-14,33H,3,5,29H2,1H3,(H,34,35). The van der Waals surface area contributed by atoms with Crippen LogP contribution in [0.1, 0.15) is 5.56 Å². The van der Waals surface area contributed by atoms with Crippen LogP contribution in [-0.4, -0.2) is 50.6 Å². The van der Waals surface area contributed by atoms with E-state index < -0.39 is 15.7 Å². The van der Waals surface area contributed by atoms with Gasteiger partial charge in [-0.2, -0.15) is 5.10 Å². The molecule has 0 spiro atoms. The maximum Gasteiger partial charge on any atom is 0.147 e. The van der Waals surface area contributed by atoms with Crippen LogP contribution in [0, 0.1) is 5.82 Å². The molecule has 0 radical (unpaired) electrons. The lowest BCUT2D eigenvalue weighted by atomic mass is 10.0. The fourth-order valence-electron chi connectivity index (χ4n) is 4.52. The number of halogens is 1. The summed E-state index contributed by atoms with van der Waals surface area (Å²) in [7, 11) is -3.18. The predicted octanol–water partition coefficient (Wildman–Crippen LogP) is 4.54. The van der Waals surface area contributed by atoms with Crippen molar-refractivity contribution in [3.05, 3.63) is 78.6 Å². The van der Waals surface area contributed by atoms with Crippen LogP contribution >= 0.6 is 0 Å². The monoisotopic (exact) mass is 527 g/mol. The number of nitrogens with two attached hydrogens (primary N) is 1. The maximum absolute atomic E-state index is 14.5. The van der Waals surface area contributed by atoms with E-state index in [1.807, 2.05) is 24.3 Å². The van der Waals surface area contributed by atoms with Crippen LogP contribution in [0.3, 0.4) is 0 Å². The number of nitrogens with zero attached hydrogens (tertiary/aromatic N) is 4. The topological polar surface area (TPSA) is 143 Å². The molecule has 0 saturated carbocycles. The SMILES string of the molecule is CS(=O)(=O)CCc1cc(F)cc(-c2nccc3[nH]c(-c4n[nH]c5cnc(-c6cncc(N)c6)cc45)cc23)c1. The molecule has 0 amide bonds. The van der Waals surface area contributed by atoms with Crippen molar-refractivity contribution in [1.29, 1.82) is 0 Å². The number of fused-ring (bicyclic) bond motifs is 2. The Morgan fingerprint density at radius 1 is 0.921 bits per heavy atom. The normalized spacial score (nSPS) is 11.9. The zero-order valence-electron chi connectivity index (χ0n) is 20.2. The number of sulfone groups is 1. The molecule has 6 aromatic rings. The van der Waals surface area contributed by atoms with Gasteiger partial charge < -0.3 is 10.7 Å². The highest BCUT2D eigenvalue weighted by atomic mass is 32.2. The minimum atomic E-state index is -3.18. The van der Waals surface area contributed by atoms with E-state index in [2.05, 4.69) is 30.1 Å². The summed E-state index contributed by atoms with van der Waals surface area (Å²) in [6.07, 6.45) is 8.03. The van der Waals surface area contributed by atoms with Gasteiger partial charge in [-0.1, -0.05) is 0 Å². The largest absolute Gasteiger partial charge is 0.397 e. The number of rotatable bonds is 6. The van der Waals surface area contributed by atoms with Crippen LogP contribution in [0.15, 0.2) is 67.3 Å². The van der Waals surface area contributed by atoms with E-state index in [4.69, 9.17) is 5.73 Å². The van der Waals surface area contributed by atoms with E-state index in [0.29, 0.717) is 33.9 Å². The number of H-pyrrole nitrogens is 2. The Morgan fingerprint density at radius 2 is 1.76 bits per heavy atom. The minimum Gasteiger partial charge on any atom is -0.397 e. The first-order valence-corrected chi connectivity index (χ1v) is 13.8. The lowest BCUT2D eigenvalue weighted by molar-refractivity contribution is 0.600. The number of nitrogen functional groups attached to an aromatic ring is 1. The van der Waals surface area contributed by atoms with Crippen LogP contribution in [0.25, 0.3) is 55.7 Å². The quantitative estimate of drug-likeness (QED) is 0.288. The van der Waals surface area contributed by atoms with Gasteiger partial charge in [0, 0.05) is 52.3 Å². The lowest BCUT2D eigenvalue weighted by Crippen LogP contribution is -2.06. The molecule has 0 atom stereocenters. The first kappa shape index (κ1) is 23.7. The third kappa shape index (κ3) is 4.59. The molecule has 5 aromatic heterocycles. The van der Waals surface area contributed by atoms with Gasteiger partial charge in [-0.15, -0.1) is 0 Å². The fraction of sp³-hybridized carbons (Fsp3) is 0.111.